The maximum atomic E-state index is 13.5. The Balaban J connectivity index is 1.75. The van der Waals surface area contributed by atoms with Crippen LogP contribution in [0.1, 0.15) is 5.56 Å². The Labute approximate surface area is 191 Å². The highest BCUT2D eigenvalue weighted by Gasteiger charge is 2.16. The van der Waals surface area contributed by atoms with Crippen LogP contribution in [0.3, 0.4) is 0 Å². The normalized spacial score (nSPS) is 11.0. The fourth-order valence-electron chi connectivity index (χ4n) is 3.36. The molecular formula is C23H16Cl2FN3O3. The number of nitrogens with zero attached hydrogens (tertiary/aromatic N) is 2. The highest BCUT2D eigenvalue weighted by Crippen LogP contribution is 2.22. The number of fused-ring (bicyclic) bond motifs is 1. The van der Waals surface area contributed by atoms with Gasteiger partial charge in [-0.05, 0) is 48.0 Å². The molecule has 0 spiro atoms. The van der Waals surface area contributed by atoms with Crippen LogP contribution in [0.5, 0.6) is 0 Å². The first-order chi connectivity index (χ1) is 15.3. The molecule has 0 aliphatic rings. The molecule has 0 unspecified atom stereocenters. The Bertz CT molecular complexity index is 1450. The van der Waals surface area contributed by atoms with E-state index in [1.165, 1.54) is 16.7 Å². The molecule has 1 aromatic heterocycles. The molecule has 0 saturated heterocycles. The van der Waals surface area contributed by atoms with Gasteiger partial charge in [0.05, 0.1) is 28.2 Å². The Morgan fingerprint density at radius 1 is 0.938 bits per heavy atom. The molecule has 3 aromatic carbocycles. The number of nitrogens with one attached hydrogen (secondary N) is 1. The van der Waals surface area contributed by atoms with Gasteiger partial charge in [-0.1, -0.05) is 47.5 Å². The average molecular weight is 472 g/mol. The molecule has 4 aromatic rings. The first-order valence-electron chi connectivity index (χ1n) is 9.55. The molecule has 32 heavy (non-hydrogen) atoms. The van der Waals surface area contributed by atoms with Gasteiger partial charge in [-0.25, -0.2) is 9.18 Å². The molecule has 0 bridgehead atoms. The molecule has 0 fully saturated rings. The van der Waals surface area contributed by atoms with Crippen LogP contribution in [0.2, 0.25) is 10.0 Å². The molecule has 0 saturated carbocycles. The fourth-order valence-corrected chi connectivity index (χ4v) is 3.65. The molecule has 0 atom stereocenters. The van der Waals surface area contributed by atoms with Crippen molar-refractivity contribution in [2.45, 2.75) is 13.1 Å². The van der Waals surface area contributed by atoms with Gasteiger partial charge in [0.1, 0.15) is 12.4 Å². The second kappa shape index (κ2) is 8.98. The topological polar surface area (TPSA) is 73.1 Å². The van der Waals surface area contributed by atoms with Crippen molar-refractivity contribution in [2.24, 2.45) is 0 Å². The Kier molecular flexibility index (Phi) is 6.12. The summed E-state index contributed by atoms with van der Waals surface area (Å²) in [5, 5.41) is 3.49. The van der Waals surface area contributed by atoms with Gasteiger partial charge in [0.2, 0.25) is 5.91 Å². The Hall–Kier alpha value is -3.42. The summed E-state index contributed by atoms with van der Waals surface area (Å²) in [6.45, 7) is -0.385. The van der Waals surface area contributed by atoms with Crippen LogP contribution in [0, 0.1) is 5.82 Å². The predicted molar refractivity (Wildman–Crippen MR) is 123 cm³/mol. The highest BCUT2D eigenvalue weighted by molar-refractivity contribution is 6.33. The van der Waals surface area contributed by atoms with Gasteiger partial charge in [0.15, 0.2) is 0 Å². The Morgan fingerprint density at radius 3 is 2.41 bits per heavy atom. The molecule has 0 aliphatic heterocycles. The van der Waals surface area contributed by atoms with Crippen molar-refractivity contribution >= 4 is 45.7 Å². The number of para-hydroxylation sites is 1. The lowest BCUT2D eigenvalue weighted by Gasteiger charge is -2.14. The summed E-state index contributed by atoms with van der Waals surface area (Å²) in [4.78, 5) is 38.9. The van der Waals surface area contributed by atoms with E-state index in [9.17, 15) is 18.8 Å². The van der Waals surface area contributed by atoms with Gasteiger partial charge < -0.3 is 5.32 Å². The van der Waals surface area contributed by atoms with Crippen molar-refractivity contribution in [3.63, 3.8) is 0 Å². The highest BCUT2D eigenvalue weighted by atomic mass is 35.5. The van der Waals surface area contributed by atoms with E-state index in [-0.39, 0.29) is 22.6 Å². The summed E-state index contributed by atoms with van der Waals surface area (Å²) in [7, 11) is 0. The lowest BCUT2D eigenvalue weighted by molar-refractivity contribution is -0.116. The predicted octanol–water partition coefficient (Wildman–Crippen LogP) is 4.30. The van der Waals surface area contributed by atoms with Crippen LogP contribution in [0.25, 0.3) is 10.9 Å². The number of benzene rings is 3. The smallest absolute Gasteiger partial charge is 0.323 e. The SMILES string of the molecule is O=C(Cn1c(=O)n(Cc2ccc(Cl)cc2)c(=O)c2ccccc21)Nc1cc(F)ccc1Cl. The summed E-state index contributed by atoms with van der Waals surface area (Å²) >= 11 is 11.9. The second-order valence-corrected chi connectivity index (χ2v) is 7.92. The maximum Gasteiger partial charge on any atom is 0.332 e. The zero-order valence-electron chi connectivity index (χ0n) is 16.5. The van der Waals surface area contributed by atoms with Crippen LogP contribution in [0.4, 0.5) is 10.1 Å². The number of carbonyl (C=O) groups is 1. The minimum Gasteiger partial charge on any atom is -0.323 e. The number of carbonyl (C=O) groups excluding carboxylic acids is 1. The number of anilines is 1. The minimum absolute atomic E-state index is 0.0109. The zero-order valence-corrected chi connectivity index (χ0v) is 18.0. The number of aromatic nitrogens is 2. The second-order valence-electron chi connectivity index (χ2n) is 7.08. The third kappa shape index (κ3) is 4.44. The van der Waals surface area contributed by atoms with E-state index in [0.717, 1.165) is 10.6 Å². The summed E-state index contributed by atoms with van der Waals surface area (Å²) in [5.41, 5.74) is -0.0141. The molecular weight excluding hydrogens is 456 g/mol. The monoisotopic (exact) mass is 471 g/mol. The van der Waals surface area contributed by atoms with Gasteiger partial charge >= 0.3 is 5.69 Å². The van der Waals surface area contributed by atoms with E-state index >= 15 is 0 Å². The molecule has 162 valence electrons. The molecule has 4 rings (SSSR count). The number of hydrogen-bond acceptors (Lipinski definition) is 3. The number of rotatable bonds is 5. The largest absolute Gasteiger partial charge is 0.332 e. The molecule has 0 radical (unpaired) electrons. The summed E-state index contributed by atoms with van der Waals surface area (Å²) in [5.74, 6) is -1.16. The van der Waals surface area contributed by atoms with Crippen LogP contribution in [-0.2, 0) is 17.9 Å². The van der Waals surface area contributed by atoms with Gasteiger partial charge in [0, 0.05) is 5.02 Å². The van der Waals surface area contributed by atoms with Crippen molar-refractivity contribution < 1.29 is 9.18 Å². The van der Waals surface area contributed by atoms with E-state index in [2.05, 4.69) is 5.32 Å². The fraction of sp³-hybridized carbons (Fsp3) is 0.0870. The first-order valence-corrected chi connectivity index (χ1v) is 10.3. The molecule has 1 amide bonds. The molecule has 1 N–H and O–H groups in total. The zero-order chi connectivity index (χ0) is 22.8. The average Bonchev–Trinajstić information content (AvgIpc) is 2.78. The van der Waals surface area contributed by atoms with Crippen LogP contribution < -0.4 is 16.6 Å². The van der Waals surface area contributed by atoms with Crippen LogP contribution in [-0.4, -0.2) is 15.0 Å². The number of hydrogen-bond donors (Lipinski definition) is 1. The third-order valence-electron chi connectivity index (χ3n) is 4.89. The van der Waals surface area contributed by atoms with E-state index < -0.39 is 29.5 Å². The molecule has 6 nitrogen and oxygen atoms in total. The summed E-state index contributed by atoms with van der Waals surface area (Å²) in [6, 6.07) is 16.9. The standard InChI is InChI=1S/C23H16Cl2FN3O3/c24-15-7-5-14(6-8-15)12-29-22(31)17-3-1-2-4-20(17)28(23(29)32)13-21(30)27-19-11-16(26)9-10-18(19)25/h1-11H,12-13H2,(H,27,30). The molecule has 1 heterocycles. The maximum absolute atomic E-state index is 13.5. The quantitative estimate of drug-likeness (QED) is 0.471. The van der Waals surface area contributed by atoms with Crippen molar-refractivity contribution in [1.82, 2.24) is 9.13 Å². The van der Waals surface area contributed by atoms with Crippen molar-refractivity contribution in [3.05, 3.63) is 109 Å². The summed E-state index contributed by atoms with van der Waals surface area (Å²) < 4.78 is 15.8. The van der Waals surface area contributed by atoms with Crippen LogP contribution >= 0.6 is 23.2 Å². The minimum atomic E-state index is -0.649. The van der Waals surface area contributed by atoms with Crippen molar-refractivity contribution in [2.75, 3.05) is 5.32 Å². The van der Waals surface area contributed by atoms with Gasteiger partial charge in [-0.3, -0.25) is 18.7 Å². The van der Waals surface area contributed by atoms with Gasteiger partial charge in [0.25, 0.3) is 5.56 Å². The van der Waals surface area contributed by atoms with E-state index in [1.807, 2.05) is 0 Å². The van der Waals surface area contributed by atoms with Crippen molar-refractivity contribution in [1.29, 1.82) is 0 Å². The number of amides is 1. The summed E-state index contributed by atoms with van der Waals surface area (Å²) in [6.07, 6.45) is 0. The van der Waals surface area contributed by atoms with Crippen molar-refractivity contribution in [3.8, 4) is 0 Å². The van der Waals surface area contributed by atoms with Gasteiger partial charge in [-0.2, -0.15) is 0 Å². The van der Waals surface area contributed by atoms with E-state index in [1.54, 1.807) is 48.5 Å². The van der Waals surface area contributed by atoms with E-state index in [4.69, 9.17) is 23.2 Å². The number of halogens is 3. The third-order valence-corrected chi connectivity index (χ3v) is 5.47. The molecule has 0 aliphatic carbocycles. The Morgan fingerprint density at radius 2 is 1.66 bits per heavy atom. The van der Waals surface area contributed by atoms with Crippen LogP contribution in [0.15, 0.2) is 76.3 Å². The van der Waals surface area contributed by atoms with Gasteiger partial charge in [-0.15, -0.1) is 0 Å². The lowest BCUT2D eigenvalue weighted by atomic mass is 10.2. The molecule has 9 heteroatoms. The first kappa shape index (κ1) is 21.8. The lowest BCUT2D eigenvalue weighted by Crippen LogP contribution is -2.42. The van der Waals surface area contributed by atoms with E-state index in [0.29, 0.717) is 16.1 Å².